The lowest BCUT2D eigenvalue weighted by Gasteiger charge is -2.27. The number of carbonyl (C=O) groups is 2. The number of hydrogen-bond donors (Lipinski definition) is 2. The molecule has 2 fully saturated rings. The third-order valence-electron chi connectivity index (χ3n) is 5.05. The summed E-state index contributed by atoms with van der Waals surface area (Å²) in [7, 11) is 1.92. The highest BCUT2D eigenvalue weighted by Gasteiger charge is 2.26. The first-order valence-corrected chi connectivity index (χ1v) is 9.19. The van der Waals surface area contributed by atoms with Gasteiger partial charge < -0.3 is 10.2 Å². The Morgan fingerprint density at radius 2 is 1.92 bits per heavy atom. The number of nitrogens with one attached hydrogen (secondary N) is 2. The maximum atomic E-state index is 12.3. The van der Waals surface area contributed by atoms with Crippen LogP contribution in [0.25, 0.3) is 0 Å². The van der Waals surface area contributed by atoms with Gasteiger partial charge in [0, 0.05) is 31.4 Å². The van der Waals surface area contributed by atoms with E-state index in [0.29, 0.717) is 6.54 Å². The van der Waals surface area contributed by atoms with Crippen LogP contribution in [0.3, 0.4) is 0 Å². The van der Waals surface area contributed by atoms with E-state index in [1.54, 1.807) is 0 Å². The minimum atomic E-state index is -0.384. The smallest absolute Gasteiger partial charge is 0.321 e. The standard InChI is InChI=1S/C19H28N4O2/c1-14(18(24)21-19(25)20-16-9-10-16)22(2)13-15-7-3-4-8-17(15)23-11-5-6-12-23/h3-4,7-8,14,16H,5-6,9-13H2,1-2H3,(H2,20,21,24,25). The molecule has 2 N–H and O–H groups in total. The highest BCUT2D eigenvalue weighted by Crippen LogP contribution is 2.25. The van der Waals surface area contributed by atoms with E-state index in [1.807, 2.05) is 24.9 Å². The maximum absolute atomic E-state index is 12.3. The Morgan fingerprint density at radius 3 is 2.60 bits per heavy atom. The molecule has 1 saturated heterocycles. The summed E-state index contributed by atoms with van der Waals surface area (Å²) in [5, 5.41) is 5.22. The molecule has 1 aromatic carbocycles. The molecule has 0 bridgehead atoms. The summed E-state index contributed by atoms with van der Waals surface area (Å²) < 4.78 is 0. The Kier molecular flexibility index (Phi) is 5.58. The molecule has 6 nitrogen and oxygen atoms in total. The van der Waals surface area contributed by atoms with E-state index in [0.717, 1.165) is 25.9 Å². The Labute approximate surface area is 149 Å². The Balaban J connectivity index is 1.58. The van der Waals surface area contributed by atoms with Gasteiger partial charge in [-0.2, -0.15) is 0 Å². The van der Waals surface area contributed by atoms with E-state index in [9.17, 15) is 9.59 Å². The van der Waals surface area contributed by atoms with Crippen LogP contribution in [0.1, 0.15) is 38.2 Å². The number of rotatable bonds is 6. The molecule has 1 aliphatic heterocycles. The SMILES string of the molecule is CC(C(=O)NC(=O)NC1CC1)N(C)Cc1ccccc1N1CCCC1. The normalized spacial score (nSPS) is 18.3. The minimum Gasteiger partial charge on any atom is -0.371 e. The van der Waals surface area contributed by atoms with Crippen molar-refractivity contribution < 1.29 is 9.59 Å². The van der Waals surface area contributed by atoms with Crippen LogP contribution in [0.15, 0.2) is 24.3 Å². The second-order valence-electron chi connectivity index (χ2n) is 7.15. The molecule has 1 aliphatic carbocycles. The molecule has 1 unspecified atom stereocenters. The number of anilines is 1. The number of hydrogen-bond acceptors (Lipinski definition) is 4. The molecule has 6 heteroatoms. The van der Waals surface area contributed by atoms with Gasteiger partial charge >= 0.3 is 6.03 Å². The van der Waals surface area contributed by atoms with Crippen LogP contribution in [0.5, 0.6) is 0 Å². The molecule has 25 heavy (non-hydrogen) atoms. The third kappa shape index (κ3) is 4.72. The van der Waals surface area contributed by atoms with Gasteiger partial charge in [-0.1, -0.05) is 18.2 Å². The van der Waals surface area contributed by atoms with Gasteiger partial charge in [0.15, 0.2) is 0 Å². The van der Waals surface area contributed by atoms with Crippen LogP contribution in [-0.4, -0.2) is 49.1 Å². The molecular weight excluding hydrogens is 316 g/mol. The van der Waals surface area contributed by atoms with Crippen LogP contribution in [0, 0.1) is 0 Å². The average molecular weight is 344 g/mol. The fourth-order valence-corrected chi connectivity index (χ4v) is 3.18. The fraction of sp³-hybridized carbons (Fsp3) is 0.579. The molecule has 3 rings (SSSR count). The van der Waals surface area contributed by atoms with Gasteiger partial charge in [-0.25, -0.2) is 4.79 Å². The van der Waals surface area contributed by atoms with E-state index in [-0.39, 0.29) is 24.0 Å². The van der Waals surface area contributed by atoms with Gasteiger partial charge in [-0.3, -0.25) is 15.0 Å². The van der Waals surface area contributed by atoms with E-state index >= 15 is 0 Å². The zero-order valence-corrected chi connectivity index (χ0v) is 15.1. The highest BCUT2D eigenvalue weighted by molar-refractivity contribution is 5.96. The largest absolute Gasteiger partial charge is 0.371 e. The van der Waals surface area contributed by atoms with Gasteiger partial charge in [0.1, 0.15) is 0 Å². The van der Waals surface area contributed by atoms with Gasteiger partial charge in [-0.05, 0) is 51.3 Å². The number of para-hydroxylation sites is 1. The van der Waals surface area contributed by atoms with E-state index in [2.05, 4.69) is 33.7 Å². The lowest BCUT2D eigenvalue weighted by atomic mass is 10.1. The molecule has 1 saturated carbocycles. The summed E-state index contributed by atoms with van der Waals surface area (Å²) >= 11 is 0. The van der Waals surface area contributed by atoms with Crippen molar-refractivity contribution in [2.24, 2.45) is 0 Å². The number of carbonyl (C=O) groups excluding carboxylic acids is 2. The van der Waals surface area contributed by atoms with Gasteiger partial charge in [-0.15, -0.1) is 0 Å². The first-order valence-electron chi connectivity index (χ1n) is 9.19. The molecule has 3 amide bonds. The molecule has 0 aromatic heterocycles. The summed E-state index contributed by atoms with van der Waals surface area (Å²) in [5.74, 6) is -0.265. The predicted molar refractivity (Wildman–Crippen MR) is 98.5 cm³/mol. The van der Waals surface area contributed by atoms with Crippen LogP contribution in [0.2, 0.25) is 0 Å². The van der Waals surface area contributed by atoms with E-state index in [1.165, 1.54) is 24.1 Å². The van der Waals surface area contributed by atoms with Gasteiger partial charge in [0.05, 0.1) is 6.04 Å². The molecule has 0 spiro atoms. The zero-order valence-electron chi connectivity index (χ0n) is 15.1. The van der Waals surface area contributed by atoms with Crippen LogP contribution in [0.4, 0.5) is 10.5 Å². The molecular formula is C19H28N4O2. The Hall–Kier alpha value is -2.08. The monoisotopic (exact) mass is 344 g/mol. The summed E-state index contributed by atoms with van der Waals surface area (Å²) in [6.07, 6.45) is 4.48. The van der Waals surface area contributed by atoms with E-state index in [4.69, 9.17) is 0 Å². The number of urea groups is 1. The minimum absolute atomic E-state index is 0.244. The molecule has 0 radical (unpaired) electrons. The van der Waals surface area contributed by atoms with Crippen molar-refractivity contribution >= 4 is 17.6 Å². The number of imide groups is 1. The average Bonchev–Trinajstić information content (AvgIpc) is 3.23. The molecule has 136 valence electrons. The number of nitrogens with zero attached hydrogens (tertiary/aromatic N) is 2. The third-order valence-corrected chi connectivity index (χ3v) is 5.05. The Morgan fingerprint density at radius 1 is 1.24 bits per heavy atom. The summed E-state index contributed by atoms with van der Waals surface area (Å²) in [6, 6.07) is 7.86. The predicted octanol–water partition coefficient (Wildman–Crippen LogP) is 2.10. The maximum Gasteiger partial charge on any atom is 0.321 e. The first-order chi connectivity index (χ1) is 12.0. The lowest BCUT2D eigenvalue weighted by Crippen LogP contribution is -2.48. The van der Waals surface area contributed by atoms with Crippen LogP contribution in [-0.2, 0) is 11.3 Å². The first kappa shape index (κ1) is 17.7. The number of amides is 3. The fourth-order valence-electron chi connectivity index (χ4n) is 3.18. The molecule has 1 heterocycles. The van der Waals surface area contributed by atoms with Crippen molar-refractivity contribution in [1.29, 1.82) is 0 Å². The zero-order chi connectivity index (χ0) is 17.8. The van der Waals surface area contributed by atoms with Crippen molar-refractivity contribution in [2.75, 3.05) is 25.0 Å². The van der Waals surface area contributed by atoms with Crippen molar-refractivity contribution in [3.05, 3.63) is 29.8 Å². The molecule has 2 aliphatic rings. The van der Waals surface area contributed by atoms with Crippen molar-refractivity contribution in [2.45, 2.75) is 51.2 Å². The summed E-state index contributed by atoms with van der Waals surface area (Å²) in [6.45, 7) is 4.69. The van der Waals surface area contributed by atoms with E-state index < -0.39 is 0 Å². The quantitative estimate of drug-likeness (QED) is 0.829. The van der Waals surface area contributed by atoms with Crippen molar-refractivity contribution in [3.63, 3.8) is 0 Å². The second-order valence-corrected chi connectivity index (χ2v) is 7.15. The number of benzene rings is 1. The lowest BCUT2D eigenvalue weighted by molar-refractivity contribution is -0.124. The van der Waals surface area contributed by atoms with Gasteiger partial charge in [0.25, 0.3) is 0 Å². The number of likely N-dealkylation sites (N-methyl/N-ethyl adjacent to an activating group) is 1. The molecule has 1 atom stereocenters. The van der Waals surface area contributed by atoms with Crippen molar-refractivity contribution in [1.82, 2.24) is 15.5 Å². The van der Waals surface area contributed by atoms with Crippen molar-refractivity contribution in [3.8, 4) is 0 Å². The topological polar surface area (TPSA) is 64.7 Å². The second kappa shape index (κ2) is 7.87. The highest BCUT2D eigenvalue weighted by atomic mass is 16.2. The Bertz CT molecular complexity index is 624. The molecule has 1 aromatic rings. The van der Waals surface area contributed by atoms with Crippen LogP contribution >= 0.6 is 0 Å². The van der Waals surface area contributed by atoms with Crippen LogP contribution < -0.4 is 15.5 Å². The summed E-state index contributed by atoms with van der Waals surface area (Å²) in [4.78, 5) is 28.4. The van der Waals surface area contributed by atoms with Gasteiger partial charge in [0.2, 0.25) is 5.91 Å². The summed E-state index contributed by atoms with van der Waals surface area (Å²) in [5.41, 5.74) is 2.47.